The number of aryl methyl sites for hydroxylation is 1. The molecule has 1 aliphatic heterocycles. The van der Waals surface area contributed by atoms with Crippen LogP contribution in [0.25, 0.3) is 0 Å². The van der Waals surface area contributed by atoms with E-state index in [0.717, 1.165) is 13.0 Å². The van der Waals surface area contributed by atoms with E-state index in [2.05, 4.69) is 5.32 Å². The van der Waals surface area contributed by atoms with Crippen molar-refractivity contribution in [1.82, 2.24) is 5.32 Å². The van der Waals surface area contributed by atoms with Crippen LogP contribution in [0, 0.1) is 18.6 Å². The zero-order valence-corrected chi connectivity index (χ0v) is 9.22. The van der Waals surface area contributed by atoms with Crippen LogP contribution in [0.4, 0.5) is 8.78 Å². The summed E-state index contributed by atoms with van der Waals surface area (Å²) in [4.78, 5) is 0. The largest absolute Gasteiger partial charge is 0.372 e. The molecule has 0 bridgehead atoms. The van der Waals surface area contributed by atoms with Gasteiger partial charge >= 0.3 is 0 Å². The van der Waals surface area contributed by atoms with Gasteiger partial charge in [-0.2, -0.15) is 0 Å². The Bertz CT molecular complexity index is 374. The highest BCUT2D eigenvalue weighted by atomic mass is 19.1. The van der Waals surface area contributed by atoms with Gasteiger partial charge in [0.25, 0.3) is 0 Å². The molecule has 1 atom stereocenters. The summed E-state index contributed by atoms with van der Waals surface area (Å²) in [5.41, 5.74) is 0.625. The predicted octanol–water partition coefficient (Wildman–Crippen LogP) is 2.32. The first kappa shape index (κ1) is 11.5. The van der Waals surface area contributed by atoms with Crippen LogP contribution in [0.2, 0.25) is 0 Å². The van der Waals surface area contributed by atoms with Crippen LogP contribution < -0.4 is 5.32 Å². The Morgan fingerprint density at radius 2 is 2.12 bits per heavy atom. The normalized spacial score (nSPS) is 21.8. The molecular weight excluding hydrogens is 212 g/mol. The maximum atomic E-state index is 13.7. The molecule has 1 saturated heterocycles. The van der Waals surface area contributed by atoms with Gasteiger partial charge in [0.05, 0.1) is 6.10 Å². The number of hydrogen-bond donors (Lipinski definition) is 1. The third-order valence-electron chi connectivity index (χ3n) is 2.77. The minimum atomic E-state index is -0.396. The van der Waals surface area contributed by atoms with Gasteiger partial charge in [0.1, 0.15) is 11.6 Å². The molecule has 2 rings (SSSR count). The van der Waals surface area contributed by atoms with Crippen LogP contribution >= 0.6 is 0 Å². The predicted molar refractivity (Wildman–Crippen MR) is 57.3 cm³/mol. The maximum Gasteiger partial charge on any atom is 0.129 e. The highest BCUT2D eigenvalue weighted by molar-refractivity contribution is 5.27. The van der Waals surface area contributed by atoms with E-state index in [1.165, 1.54) is 12.1 Å². The van der Waals surface area contributed by atoms with Gasteiger partial charge in [-0.3, -0.25) is 0 Å². The molecule has 2 nitrogen and oxygen atoms in total. The maximum absolute atomic E-state index is 13.7. The molecule has 0 saturated carbocycles. The SMILES string of the molecule is Cc1cc(F)c(C2CNCCCO2)cc1F. The van der Waals surface area contributed by atoms with Gasteiger partial charge < -0.3 is 10.1 Å². The lowest BCUT2D eigenvalue weighted by atomic mass is 10.1. The lowest BCUT2D eigenvalue weighted by molar-refractivity contribution is 0.0641. The Kier molecular flexibility index (Phi) is 3.51. The molecule has 0 amide bonds. The Morgan fingerprint density at radius 3 is 2.94 bits per heavy atom. The second kappa shape index (κ2) is 4.89. The molecule has 1 heterocycles. The molecule has 1 fully saturated rings. The minimum Gasteiger partial charge on any atom is -0.372 e. The van der Waals surface area contributed by atoms with Crippen LogP contribution in [-0.4, -0.2) is 19.7 Å². The summed E-state index contributed by atoms with van der Waals surface area (Å²) in [5.74, 6) is -0.781. The molecule has 0 radical (unpaired) electrons. The molecular formula is C12H15F2NO. The Balaban J connectivity index is 2.27. The van der Waals surface area contributed by atoms with Crippen LogP contribution in [-0.2, 0) is 4.74 Å². The third kappa shape index (κ3) is 2.39. The van der Waals surface area contributed by atoms with E-state index in [4.69, 9.17) is 4.74 Å². The first-order valence-electron chi connectivity index (χ1n) is 5.46. The molecule has 0 aromatic heterocycles. The monoisotopic (exact) mass is 227 g/mol. The van der Waals surface area contributed by atoms with E-state index in [0.29, 0.717) is 24.3 Å². The summed E-state index contributed by atoms with van der Waals surface area (Å²) in [6.45, 7) is 3.51. The summed E-state index contributed by atoms with van der Waals surface area (Å²) in [6.07, 6.45) is 0.504. The van der Waals surface area contributed by atoms with Crippen LogP contribution in [0.1, 0.15) is 23.7 Å². The smallest absolute Gasteiger partial charge is 0.129 e. The highest BCUT2D eigenvalue weighted by Gasteiger charge is 2.19. The van der Waals surface area contributed by atoms with E-state index in [9.17, 15) is 8.78 Å². The Labute approximate surface area is 93.6 Å². The fraction of sp³-hybridized carbons (Fsp3) is 0.500. The number of rotatable bonds is 1. The van der Waals surface area contributed by atoms with Gasteiger partial charge in [-0.1, -0.05) is 0 Å². The van der Waals surface area contributed by atoms with E-state index >= 15 is 0 Å². The van der Waals surface area contributed by atoms with Gasteiger partial charge in [0.2, 0.25) is 0 Å². The van der Waals surface area contributed by atoms with E-state index in [1.807, 2.05) is 0 Å². The van der Waals surface area contributed by atoms with Crippen molar-refractivity contribution in [2.24, 2.45) is 0 Å². The molecule has 1 N–H and O–H groups in total. The molecule has 1 aliphatic rings. The van der Waals surface area contributed by atoms with Gasteiger partial charge in [0.15, 0.2) is 0 Å². The Morgan fingerprint density at radius 1 is 1.31 bits per heavy atom. The fourth-order valence-electron chi connectivity index (χ4n) is 1.82. The van der Waals surface area contributed by atoms with Crippen LogP contribution in [0.15, 0.2) is 12.1 Å². The third-order valence-corrected chi connectivity index (χ3v) is 2.77. The quantitative estimate of drug-likeness (QED) is 0.795. The summed E-state index contributed by atoms with van der Waals surface area (Å²) in [7, 11) is 0. The topological polar surface area (TPSA) is 21.3 Å². The Hall–Kier alpha value is -1.00. The molecule has 1 aromatic carbocycles. The molecule has 88 valence electrons. The van der Waals surface area contributed by atoms with Crippen LogP contribution in [0.3, 0.4) is 0 Å². The zero-order chi connectivity index (χ0) is 11.5. The van der Waals surface area contributed by atoms with Crippen molar-refractivity contribution in [2.45, 2.75) is 19.4 Å². The van der Waals surface area contributed by atoms with Crippen LogP contribution in [0.5, 0.6) is 0 Å². The first-order valence-corrected chi connectivity index (χ1v) is 5.46. The molecule has 16 heavy (non-hydrogen) atoms. The molecule has 4 heteroatoms. The standard InChI is InChI=1S/C12H15F2NO/c1-8-5-11(14)9(6-10(8)13)12-7-15-3-2-4-16-12/h5-6,12,15H,2-4,7H2,1H3. The lowest BCUT2D eigenvalue weighted by Gasteiger charge is -2.16. The molecule has 1 aromatic rings. The van der Waals surface area contributed by atoms with Gasteiger partial charge in [-0.15, -0.1) is 0 Å². The number of nitrogens with one attached hydrogen (secondary N) is 1. The van der Waals surface area contributed by atoms with Gasteiger partial charge in [-0.05, 0) is 37.6 Å². The molecule has 1 unspecified atom stereocenters. The summed E-state index contributed by atoms with van der Waals surface area (Å²) < 4.78 is 32.5. The average molecular weight is 227 g/mol. The van der Waals surface area contributed by atoms with Crippen molar-refractivity contribution in [3.05, 3.63) is 34.9 Å². The second-order valence-electron chi connectivity index (χ2n) is 4.04. The first-order chi connectivity index (χ1) is 7.68. The van der Waals surface area contributed by atoms with Crippen molar-refractivity contribution in [3.8, 4) is 0 Å². The molecule has 0 aliphatic carbocycles. The summed E-state index contributed by atoms with van der Waals surface area (Å²) in [5, 5.41) is 3.14. The van der Waals surface area contributed by atoms with Crippen molar-refractivity contribution in [3.63, 3.8) is 0 Å². The highest BCUT2D eigenvalue weighted by Crippen LogP contribution is 2.24. The van der Waals surface area contributed by atoms with Gasteiger partial charge in [-0.25, -0.2) is 8.78 Å². The van der Waals surface area contributed by atoms with Gasteiger partial charge in [0, 0.05) is 18.7 Å². The van der Waals surface area contributed by atoms with Crippen molar-refractivity contribution in [1.29, 1.82) is 0 Å². The van der Waals surface area contributed by atoms with Crippen molar-refractivity contribution >= 4 is 0 Å². The van der Waals surface area contributed by atoms with Crippen molar-refractivity contribution in [2.75, 3.05) is 19.7 Å². The molecule has 0 spiro atoms. The van der Waals surface area contributed by atoms with E-state index < -0.39 is 11.9 Å². The minimum absolute atomic E-state index is 0.303. The number of hydrogen-bond acceptors (Lipinski definition) is 2. The fourth-order valence-corrected chi connectivity index (χ4v) is 1.82. The lowest BCUT2D eigenvalue weighted by Crippen LogP contribution is -2.21. The average Bonchev–Trinajstić information content (AvgIpc) is 2.52. The number of ether oxygens (including phenoxy) is 1. The van der Waals surface area contributed by atoms with E-state index in [1.54, 1.807) is 6.92 Å². The van der Waals surface area contributed by atoms with Crippen molar-refractivity contribution < 1.29 is 13.5 Å². The summed E-state index contributed by atoms with van der Waals surface area (Å²) in [6, 6.07) is 2.46. The summed E-state index contributed by atoms with van der Waals surface area (Å²) >= 11 is 0. The second-order valence-corrected chi connectivity index (χ2v) is 4.04. The zero-order valence-electron chi connectivity index (χ0n) is 9.22. The number of benzene rings is 1. The number of halogens is 2. The van der Waals surface area contributed by atoms with E-state index in [-0.39, 0.29) is 5.82 Å².